The van der Waals surface area contributed by atoms with Gasteiger partial charge in [-0.2, -0.15) is 0 Å². The summed E-state index contributed by atoms with van der Waals surface area (Å²) in [7, 11) is 3.67. The Kier molecular flexibility index (Phi) is 5.01. The van der Waals surface area contributed by atoms with E-state index < -0.39 is 0 Å². The quantitative estimate of drug-likeness (QED) is 0.913. The minimum absolute atomic E-state index is 0.0842. The Morgan fingerprint density at radius 3 is 2.38 bits per heavy atom. The molecule has 114 valence electrons. The predicted octanol–water partition coefficient (Wildman–Crippen LogP) is 3.76. The van der Waals surface area contributed by atoms with E-state index in [2.05, 4.69) is 38.2 Å². The zero-order valence-corrected chi connectivity index (χ0v) is 14.3. The van der Waals surface area contributed by atoms with Crippen LogP contribution in [0.5, 0.6) is 5.75 Å². The summed E-state index contributed by atoms with van der Waals surface area (Å²) >= 11 is 1.81. The Balaban J connectivity index is 2.23. The number of rotatable bonds is 5. The van der Waals surface area contributed by atoms with Gasteiger partial charge in [0.1, 0.15) is 5.75 Å². The molecule has 1 aromatic carbocycles. The molecule has 1 heterocycles. The highest BCUT2D eigenvalue weighted by molar-refractivity contribution is 7.11. The van der Waals surface area contributed by atoms with Gasteiger partial charge in [0, 0.05) is 23.3 Å². The number of nitrogens with zero attached hydrogens (tertiary/aromatic N) is 1. The van der Waals surface area contributed by atoms with Gasteiger partial charge in [-0.25, -0.2) is 4.98 Å². The molecule has 0 aliphatic rings. The third-order valence-corrected chi connectivity index (χ3v) is 4.36. The van der Waals surface area contributed by atoms with Crippen molar-refractivity contribution in [3.05, 3.63) is 45.4 Å². The van der Waals surface area contributed by atoms with Gasteiger partial charge in [0.25, 0.3) is 0 Å². The largest absolute Gasteiger partial charge is 0.497 e. The monoisotopic (exact) mass is 304 g/mol. The Hall–Kier alpha value is -1.39. The van der Waals surface area contributed by atoms with Crippen molar-refractivity contribution >= 4 is 11.3 Å². The minimum Gasteiger partial charge on any atom is -0.497 e. The first-order chi connectivity index (χ1) is 9.94. The Morgan fingerprint density at radius 2 is 1.86 bits per heavy atom. The third kappa shape index (κ3) is 4.05. The first-order valence-electron chi connectivity index (χ1n) is 7.20. The van der Waals surface area contributed by atoms with Gasteiger partial charge in [-0.05, 0) is 24.7 Å². The van der Waals surface area contributed by atoms with Gasteiger partial charge >= 0.3 is 0 Å². The van der Waals surface area contributed by atoms with Crippen molar-refractivity contribution in [1.29, 1.82) is 0 Å². The van der Waals surface area contributed by atoms with Crippen molar-refractivity contribution in [2.24, 2.45) is 0 Å². The van der Waals surface area contributed by atoms with E-state index in [-0.39, 0.29) is 5.41 Å². The average Bonchev–Trinajstić information content (AvgIpc) is 2.83. The van der Waals surface area contributed by atoms with Crippen molar-refractivity contribution in [3.8, 4) is 5.75 Å². The van der Waals surface area contributed by atoms with Gasteiger partial charge < -0.3 is 10.1 Å². The van der Waals surface area contributed by atoms with E-state index in [0.717, 1.165) is 18.7 Å². The lowest BCUT2D eigenvalue weighted by atomic mass is 9.91. The van der Waals surface area contributed by atoms with E-state index in [1.165, 1.54) is 21.1 Å². The fourth-order valence-corrected chi connectivity index (χ4v) is 3.59. The van der Waals surface area contributed by atoms with E-state index in [0.29, 0.717) is 0 Å². The van der Waals surface area contributed by atoms with Crippen LogP contribution in [0.3, 0.4) is 0 Å². The molecule has 0 aliphatic carbocycles. The van der Waals surface area contributed by atoms with Crippen LogP contribution in [0.15, 0.2) is 24.3 Å². The Labute approximate surface area is 131 Å². The summed E-state index contributed by atoms with van der Waals surface area (Å²) < 4.78 is 5.20. The number of hydrogen-bond acceptors (Lipinski definition) is 4. The summed E-state index contributed by atoms with van der Waals surface area (Å²) in [6, 6.07) is 8.22. The summed E-state index contributed by atoms with van der Waals surface area (Å²) in [5.74, 6) is 0.893. The van der Waals surface area contributed by atoms with Crippen LogP contribution in [-0.4, -0.2) is 19.1 Å². The maximum Gasteiger partial charge on any atom is 0.118 e. The lowest BCUT2D eigenvalue weighted by Crippen LogP contribution is -2.16. The molecular weight excluding hydrogens is 280 g/mol. The molecule has 0 saturated carbocycles. The molecule has 0 fully saturated rings. The van der Waals surface area contributed by atoms with Crippen LogP contribution in [0.4, 0.5) is 0 Å². The highest BCUT2D eigenvalue weighted by Gasteiger charge is 2.22. The number of thiazole rings is 1. The third-order valence-electron chi connectivity index (χ3n) is 3.30. The standard InChI is InChI=1S/C17H24N2OS/c1-17(2,3)16-14(11-18-4)21-15(19-16)10-12-6-8-13(20-5)9-7-12/h6-9,18H,10-11H2,1-5H3. The number of aromatic nitrogens is 1. The van der Waals surface area contributed by atoms with Crippen molar-refractivity contribution in [2.45, 2.75) is 39.2 Å². The summed E-state index contributed by atoms with van der Waals surface area (Å²) in [5.41, 5.74) is 2.56. The summed E-state index contributed by atoms with van der Waals surface area (Å²) in [5, 5.41) is 4.42. The molecule has 0 spiro atoms. The topological polar surface area (TPSA) is 34.1 Å². The van der Waals surface area contributed by atoms with Crippen molar-refractivity contribution in [3.63, 3.8) is 0 Å². The van der Waals surface area contributed by atoms with Gasteiger partial charge in [-0.3, -0.25) is 0 Å². The molecule has 1 aromatic heterocycles. The minimum atomic E-state index is 0.0842. The zero-order valence-electron chi connectivity index (χ0n) is 13.5. The number of benzene rings is 1. The molecule has 2 rings (SSSR count). The highest BCUT2D eigenvalue weighted by atomic mass is 32.1. The smallest absolute Gasteiger partial charge is 0.118 e. The van der Waals surface area contributed by atoms with E-state index >= 15 is 0 Å². The second kappa shape index (κ2) is 6.58. The van der Waals surface area contributed by atoms with Crippen LogP contribution < -0.4 is 10.1 Å². The maximum absolute atomic E-state index is 5.20. The molecule has 21 heavy (non-hydrogen) atoms. The number of methoxy groups -OCH3 is 1. The SMILES string of the molecule is CNCc1sc(Cc2ccc(OC)cc2)nc1C(C)(C)C. The summed E-state index contributed by atoms with van der Waals surface area (Å²) in [6.45, 7) is 7.54. The Morgan fingerprint density at radius 1 is 1.19 bits per heavy atom. The molecule has 4 heteroatoms. The molecular formula is C17H24N2OS. The summed E-state index contributed by atoms with van der Waals surface area (Å²) in [6.07, 6.45) is 0.876. The first kappa shape index (κ1) is 16.0. The van der Waals surface area contributed by atoms with Gasteiger partial charge in [0.15, 0.2) is 0 Å². The molecule has 0 radical (unpaired) electrons. The van der Waals surface area contributed by atoms with E-state index in [9.17, 15) is 0 Å². The lowest BCUT2D eigenvalue weighted by molar-refractivity contribution is 0.414. The molecule has 0 unspecified atom stereocenters. The van der Waals surface area contributed by atoms with Gasteiger partial charge in [-0.15, -0.1) is 11.3 Å². The summed E-state index contributed by atoms with van der Waals surface area (Å²) in [4.78, 5) is 6.23. The van der Waals surface area contributed by atoms with Crippen LogP contribution in [0.1, 0.15) is 41.9 Å². The molecule has 0 amide bonds. The second-order valence-corrected chi connectivity index (χ2v) is 7.35. The number of hydrogen-bond donors (Lipinski definition) is 1. The lowest BCUT2D eigenvalue weighted by Gasteiger charge is -2.17. The first-order valence-corrected chi connectivity index (χ1v) is 8.02. The molecule has 3 nitrogen and oxygen atoms in total. The second-order valence-electron chi connectivity index (χ2n) is 6.18. The zero-order chi connectivity index (χ0) is 15.5. The average molecular weight is 304 g/mol. The van der Waals surface area contributed by atoms with Crippen molar-refractivity contribution < 1.29 is 4.74 Å². The van der Waals surface area contributed by atoms with Crippen LogP contribution in [0, 0.1) is 0 Å². The van der Waals surface area contributed by atoms with Gasteiger partial charge in [-0.1, -0.05) is 32.9 Å². The van der Waals surface area contributed by atoms with Gasteiger partial charge in [0.2, 0.25) is 0 Å². The molecule has 0 atom stereocenters. The van der Waals surface area contributed by atoms with Crippen LogP contribution in [-0.2, 0) is 18.4 Å². The number of ether oxygens (including phenoxy) is 1. The Bertz CT molecular complexity index is 582. The molecule has 2 aromatic rings. The number of nitrogens with one attached hydrogen (secondary N) is 1. The fraction of sp³-hybridized carbons (Fsp3) is 0.471. The van der Waals surface area contributed by atoms with Crippen molar-refractivity contribution in [1.82, 2.24) is 10.3 Å². The molecule has 0 bridgehead atoms. The fourth-order valence-electron chi connectivity index (χ4n) is 2.26. The predicted molar refractivity (Wildman–Crippen MR) is 89.4 cm³/mol. The van der Waals surface area contributed by atoms with E-state index in [4.69, 9.17) is 9.72 Å². The molecule has 0 aliphatic heterocycles. The molecule has 0 saturated heterocycles. The van der Waals surface area contributed by atoms with E-state index in [1.54, 1.807) is 7.11 Å². The van der Waals surface area contributed by atoms with Crippen LogP contribution in [0.25, 0.3) is 0 Å². The van der Waals surface area contributed by atoms with Gasteiger partial charge in [0.05, 0.1) is 17.8 Å². The van der Waals surface area contributed by atoms with E-state index in [1.807, 2.05) is 30.5 Å². The molecule has 1 N–H and O–H groups in total. The van der Waals surface area contributed by atoms with Crippen molar-refractivity contribution in [2.75, 3.05) is 14.2 Å². The normalized spacial score (nSPS) is 11.7. The van der Waals surface area contributed by atoms with Crippen LogP contribution in [0.2, 0.25) is 0 Å². The highest BCUT2D eigenvalue weighted by Crippen LogP contribution is 2.30. The van der Waals surface area contributed by atoms with Crippen LogP contribution >= 0.6 is 11.3 Å². The maximum atomic E-state index is 5.20.